The van der Waals surface area contributed by atoms with Crippen molar-refractivity contribution < 1.29 is 14.4 Å². The lowest BCUT2D eigenvalue weighted by Crippen LogP contribution is -2.42. The molecule has 0 aromatic heterocycles. The van der Waals surface area contributed by atoms with Gasteiger partial charge in [-0.15, -0.1) is 0 Å². The van der Waals surface area contributed by atoms with Gasteiger partial charge < -0.3 is 10.6 Å². The predicted octanol–water partition coefficient (Wildman–Crippen LogP) is 2.05. The fourth-order valence-electron chi connectivity index (χ4n) is 2.84. The molecule has 1 aliphatic rings. The highest BCUT2D eigenvalue weighted by atomic mass is 16.6. The minimum atomic E-state index is -0.723. The number of nitrogens with one attached hydrogen (secondary N) is 1. The van der Waals surface area contributed by atoms with Gasteiger partial charge in [-0.25, -0.2) is 0 Å². The Morgan fingerprint density at radius 2 is 1.72 bits per heavy atom. The van der Waals surface area contributed by atoms with Gasteiger partial charge in [0.05, 0.1) is 12.8 Å². The van der Waals surface area contributed by atoms with E-state index in [2.05, 4.69) is 5.48 Å². The van der Waals surface area contributed by atoms with Gasteiger partial charge in [-0.05, 0) is 23.3 Å². The maximum absolute atomic E-state index is 12.8. The van der Waals surface area contributed by atoms with Crippen LogP contribution in [-0.2, 0) is 9.63 Å². The van der Waals surface area contributed by atoms with Gasteiger partial charge in [-0.1, -0.05) is 42.5 Å². The summed E-state index contributed by atoms with van der Waals surface area (Å²) in [6.07, 6.45) is 1.86. The molecule has 1 heterocycles. The summed E-state index contributed by atoms with van der Waals surface area (Å²) in [6.45, 7) is 0. The van der Waals surface area contributed by atoms with Crippen LogP contribution in [0.3, 0.4) is 0 Å². The molecule has 2 aromatic carbocycles. The van der Waals surface area contributed by atoms with Crippen LogP contribution < -0.4 is 11.2 Å². The minimum Gasteiger partial charge on any atom is -0.368 e. The van der Waals surface area contributed by atoms with Crippen LogP contribution in [0.4, 0.5) is 0 Å². The summed E-state index contributed by atoms with van der Waals surface area (Å²) in [5.41, 5.74) is 11.3. The van der Waals surface area contributed by atoms with Gasteiger partial charge >= 0.3 is 0 Å². The van der Waals surface area contributed by atoms with Gasteiger partial charge in [0.2, 0.25) is 5.91 Å². The first-order chi connectivity index (χ1) is 12.1. The number of nitrogens with zero attached hydrogens (tertiary/aromatic N) is 1. The van der Waals surface area contributed by atoms with Gasteiger partial charge in [-0.3, -0.25) is 19.9 Å². The summed E-state index contributed by atoms with van der Waals surface area (Å²) < 4.78 is 0. The topological polar surface area (TPSA) is 84.7 Å². The molecule has 3 rings (SSSR count). The Kier molecular flexibility index (Phi) is 4.81. The van der Waals surface area contributed by atoms with Crippen LogP contribution >= 0.6 is 0 Å². The second-order valence-electron chi connectivity index (χ2n) is 5.74. The van der Waals surface area contributed by atoms with Crippen LogP contribution in [0.2, 0.25) is 0 Å². The number of hydroxylamine groups is 1. The second-order valence-corrected chi connectivity index (χ2v) is 5.74. The lowest BCUT2D eigenvalue weighted by Gasteiger charge is -2.20. The van der Waals surface area contributed by atoms with Crippen LogP contribution in [-0.4, -0.2) is 29.9 Å². The van der Waals surface area contributed by atoms with Crippen molar-refractivity contribution in [3.63, 3.8) is 0 Å². The van der Waals surface area contributed by atoms with Crippen LogP contribution in [0.25, 0.3) is 11.1 Å². The summed E-state index contributed by atoms with van der Waals surface area (Å²) in [6, 6.07) is 16.4. The quantitative estimate of drug-likeness (QED) is 0.818. The molecule has 0 aliphatic carbocycles. The molecule has 0 bridgehead atoms. The zero-order valence-electron chi connectivity index (χ0n) is 13.8. The lowest BCUT2D eigenvalue weighted by atomic mass is 10.0. The highest BCUT2D eigenvalue weighted by Gasteiger charge is 2.34. The summed E-state index contributed by atoms with van der Waals surface area (Å²) in [5, 5.41) is 0. The third kappa shape index (κ3) is 3.54. The fourth-order valence-corrected chi connectivity index (χ4v) is 2.84. The Labute approximate surface area is 145 Å². The molecular formula is C19H19N3O3. The predicted molar refractivity (Wildman–Crippen MR) is 93.9 cm³/mol. The highest BCUT2D eigenvalue weighted by molar-refractivity contribution is 5.99. The molecule has 6 heteroatoms. The van der Waals surface area contributed by atoms with Gasteiger partial charge in [-0.2, -0.15) is 0 Å². The second kappa shape index (κ2) is 7.19. The molecule has 0 radical (unpaired) electrons. The summed E-state index contributed by atoms with van der Waals surface area (Å²) in [4.78, 5) is 30.6. The molecule has 2 amide bonds. The molecule has 3 N–H and O–H groups in total. The van der Waals surface area contributed by atoms with Crippen LogP contribution in [0.5, 0.6) is 0 Å². The van der Waals surface area contributed by atoms with E-state index in [1.54, 1.807) is 18.3 Å². The smallest absolute Gasteiger partial charge is 0.258 e. The highest BCUT2D eigenvalue weighted by Crippen LogP contribution is 2.24. The number of amides is 2. The van der Waals surface area contributed by atoms with Crippen molar-refractivity contribution in [3.8, 4) is 11.1 Å². The third-order valence-electron chi connectivity index (χ3n) is 4.08. The van der Waals surface area contributed by atoms with Crippen molar-refractivity contribution in [3.05, 3.63) is 72.1 Å². The molecule has 0 unspecified atom stereocenters. The Bertz CT molecular complexity index is 800. The Morgan fingerprint density at radius 1 is 1.08 bits per heavy atom. The van der Waals surface area contributed by atoms with Crippen molar-refractivity contribution in [2.24, 2.45) is 5.73 Å². The molecular weight excluding hydrogens is 318 g/mol. The minimum absolute atomic E-state index is 0.281. The third-order valence-corrected chi connectivity index (χ3v) is 4.08. The van der Waals surface area contributed by atoms with E-state index in [9.17, 15) is 9.59 Å². The number of hydrogen-bond acceptors (Lipinski definition) is 4. The molecule has 0 spiro atoms. The molecule has 1 aliphatic heterocycles. The van der Waals surface area contributed by atoms with Gasteiger partial charge in [0.15, 0.2) is 0 Å². The molecule has 6 nitrogen and oxygen atoms in total. The van der Waals surface area contributed by atoms with Crippen LogP contribution in [0, 0.1) is 0 Å². The zero-order chi connectivity index (χ0) is 17.8. The van der Waals surface area contributed by atoms with E-state index in [0.717, 1.165) is 11.1 Å². The molecule has 0 saturated carbocycles. The van der Waals surface area contributed by atoms with Crippen molar-refractivity contribution >= 4 is 11.8 Å². The summed E-state index contributed by atoms with van der Waals surface area (Å²) in [5.74, 6) is -0.838. The van der Waals surface area contributed by atoms with Crippen molar-refractivity contribution in [2.45, 2.75) is 12.5 Å². The van der Waals surface area contributed by atoms with Gasteiger partial charge in [0, 0.05) is 18.2 Å². The standard InChI is InChI=1S/C19H19N3O3/c1-25-21-16-11-17(18(20)23)22(12-16)19(24)15-9-7-14(8-10-15)13-5-3-2-4-6-13/h2-10,12,17,21H,11H2,1H3,(H2,20,23)/t17-/m0/s1. The van der Waals surface area contributed by atoms with Crippen molar-refractivity contribution in [2.75, 3.05) is 7.11 Å². The molecule has 0 saturated heterocycles. The number of rotatable bonds is 5. The summed E-state index contributed by atoms with van der Waals surface area (Å²) >= 11 is 0. The van der Waals surface area contributed by atoms with E-state index in [-0.39, 0.29) is 5.91 Å². The average Bonchev–Trinajstić information content (AvgIpc) is 3.07. The van der Waals surface area contributed by atoms with E-state index in [1.807, 2.05) is 42.5 Å². The van der Waals surface area contributed by atoms with E-state index in [0.29, 0.717) is 17.7 Å². The van der Waals surface area contributed by atoms with Gasteiger partial charge in [0.1, 0.15) is 6.04 Å². The lowest BCUT2D eigenvalue weighted by molar-refractivity contribution is -0.121. The number of benzene rings is 2. The fraction of sp³-hybridized carbons (Fsp3) is 0.158. The molecule has 0 fully saturated rings. The number of nitrogens with two attached hydrogens (primary N) is 1. The Balaban J connectivity index is 1.83. The normalized spacial score (nSPS) is 16.4. The van der Waals surface area contributed by atoms with Gasteiger partial charge in [0.25, 0.3) is 5.91 Å². The number of carbonyl (C=O) groups excluding carboxylic acids is 2. The Hall–Kier alpha value is -3.12. The first kappa shape index (κ1) is 16.7. The zero-order valence-corrected chi connectivity index (χ0v) is 13.8. The maximum atomic E-state index is 12.8. The molecule has 1 atom stereocenters. The van der Waals surface area contributed by atoms with Crippen LogP contribution in [0.1, 0.15) is 16.8 Å². The summed E-state index contributed by atoms with van der Waals surface area (Å²) in [7, 11) is 1.47. The van der Waals surface area contributed by atoms with E-state index in [1.165, 1.54) is 12.0 Å². The van der Waals surface area contributed by atoms with E-state index in [4.69, 9.17) is 10.6 Å². The first-order valence-electron chi connectivity index (χ1n) is 7.87. The molecule has 2 aromatic rings. The number of carbonyl (C=O) groups is 2. The van der Waals surface area contributed by atoms with E-state index >= 15 is 0 Å². The Morgan fingerprint density at radius 3 is 2.32 bits per heavy atom. The largest absolute Gasteiger partial charge is 0.368 e. The number of hydrogen-bond donors (Lipinski definition) is 2. The monoisotopic (exact) mass is 337 g/mol. The number of primary amides is 1. The van der Waals surface area contributed by atoms with Crippen LogP contribution in [0.15, 0.2) is 66.5 Å². The maximum Gasteiger partial charge on any atom is 0.258 e. The molecule has 128 valence electrons. The van der Waals surface area contributed by atoms with E-state index < -0.39 is 11.9 Å². The average molecular weight is 337 g/mol. The SMILES string of the molecule is CONC1=CN(C(=O)c2ccc(-c3ccccc3)cc2)[C@H](C(N)=O)C1. The van der Waals surface area contributed by atoms with Crippen molar-refractivity contribution in [1.29, 1.82) is 0 Å². The first-order valence-corrected chi connectivity index (χ1v) is 7.87. The molecule has 25 heavy (non-hydrogen) atoms. The van der Waals surface area contributed by atoms with Crippen molar-refractivity contribution in [1.82, 2.24) is 10.4 Å².